The van der Waals surface area contributed by atoms with Crippen molar-refractivity contribution >= 4 is 23.2 Å². The molecule has 1 fully saturated rings. The molecule has 0 aliphatic heterocycles. The van der Waals surface area contributed by atoms with Gasteiger partial charge in [-0.25, -0.2) is 4.39 Å². The Hall–Kier alpha value is -2.99. The molecule has 1 aliphatic carbocycles. The SMILES string of the molecule is Cc1ccc(CN(C(=O)Cc2cccs2)[C@@H](C(=O)NC2CCCC2)c2ccccc2F)cc1. The average Bonchev–Trinajstić information content (AvgIpc) is 3.50. The van der Waals surface area contributed by atoms with Gasteiger partial charge in [-0.15, -0.1) is 11.3 Å². The van der Waals surface area contributed by atoms with Gasteiger partial charge in [0, 0.05) is 23.0 Å². The summed E-state index contributed by atoms with van der Waals surface area (Å²) in [5.74, 6) is -1.01. The van der Waals surface area contributed by atoms with Crippen LogP contribution >= 0.6 is 11.3 Å². The van der Waals surface area contributed by atoms with E-state index in [2.05, 4.69) is 5.32 Å². The van der Waals surface area contributed by atoms with Crippen molar-refractivity contribution < 1.29 is 14.0 Å². The summed E-state index contributed by atoms with van der Waals surface area (Å²) in [5, 5.41) is 5.02. The third-order valence-corrected chi connectivity index (χ3v) is 7.04. The number of rotatable bonds is 8. The van der Waals surface area contributed by atoms with Crippen LogP contribution in [0.1, 0.15) is 53.3 Å². The second-order valence-corrected chi connectivity index (χ2v) is 9.71. The Labute approximate surface area is 198 Å². The highest BCUT2D eigenvalue weighted by Crippen LogP contribution is 2.29. The Morgan fingerprint density at radius 2 is 1.79 bits per heavy atom. The zero-order valence-electron chi connectivity index (χ0n) is 18.8. The minimum absolute atomic E-state index is 0.0698. The lowest BCUT2D eigenvalue weighted by atomic mass is 10.0. The van der Waals surface area contributed by atoms with E-state index in [9.17, 15) is 14.0 Å². The predicted octanol–water partition coefficient (Wildman–Crippen LogP) is 5.57. The number of benzene rings is 2. The van der Waals surface area contributed by atoms with Crippen molar-refractivity contribution in [1.82, 2.24) is 10.2 Å². The van der Waals surface area contributed by atoms with Gasteiger partial charge in [0.05, 0.1) is 6.42 Å². The second-order valence-electron chi connectivity index (χ2n) is 8.68. The number of carbonyl (C=O) groups excluding carboxylic acids is 2. The van der Waals surface area contributed by atoms with Crippen LogP contribution in [0.25, 0.3) is 0 Å². The number of hydrogen-bond acceptors (Lipinski definition) is 3. The second kappa shape index (κ2) is 10.8. The molecule has 1 N–H and O–H groups in total. The largest absolute Gasteiger partial charge is 0.351 e. The van der Waals surface area contributed by atoms with E-state index in [0.717, 1.165) is 41.7 Å². The van der Waals surface area contributed by atoms with Crippen molar-refractivity contribution in [1.29, 1.82) is 0 Å². The normalized spacial score (nSPS) is 14.7. The number of hydrogen-bond donors (Lipinski definition) is 1. The van der Waals surface area contributed by atoms with Crippen molar-refractivity contribution in [2.24, 2.45) is 0 Å². The summed E-state index contributed by atoms with van der Waals surface area (Å²) in [6.45, 7) is 2.22. The van der Waals surface area contributed by atoms with Crippen molar-refractivity contribution in [3.63, 3.8) is 0 Å². The molecule has 6 heteroatoms. The standard InChI is InChI=1S/C27H29FN2O2S/c1-19-12-14-20(15-13-19)18-30(25(31)17-22-9-6-16-33-22)26(23-10-4-5-11-24(23)28)27(32)29-21-7-2-3-8-21/h4-6,9-16,21,26H,2-3,7-8,17-18H2,1H3,(H,29,32)/t26-/m1/s1. The Bertz CT molecular complexity index is 1080. The van der Waals surface area contributed by atoms with Gasteiger partial charge in [0.25, 0.3) is 0 Å². The van der Waals surface area contributed by atoms with Crippen LogP contribution in [0.2, 0.25) is 0 Å². The molecule has 3 aromatic rings. The maximum Gasteiger partial charge on any atom is 0.247 e. The van der Waals surface area contributed by atoms with Gasteiger partial charge in [0.1, 0.15) is 11.9 Å². The molecule has 4 rings (SSSR count). The topological polar surface area (TPSA) is 49.4 Å². The molecule has 2 aromatic carbocycles. The average molecular weight is 465 g/mol. The first kappa shape index (κ1) is 23.2. The van der Waals surface area contributed by atoms with Gasteiger partial charge in [-0.3, -0.25) is 9.59 Å². The summed E-state index contributed by atoms with van der Waals surface area (Å²) in [4.78, 5) is 29.6. The minimum atomic E-state index is -1.04. The molecule has 0 saturated heterocycles. The number of thiophene rings is 1. The molecule has 172 valence electrons. The van der Waals surface area contributed by atoms with Gasteiger partial charge in [-0.2, -0.15) is 0 Å². The lowest BCUT2D eigenvalue weighted by Gasteiger charge is -2.32. The highest BCUT2D eigenvalue weighted by Gasteiger charge is 2.34. The minimum Gasteiger partial charge on any atom is -0.351 e. The van der Waals surface area contributed by atoms with Crippen LogP contribution in [0.15, 0.2) is 66.0 Å². The van der Waals surface area contributed by atoms with Crippen LogP contribution in [-0.4, -0.2) is 22.8 Å². The summed E-state index contributed by atoms with van der Waals surface area (Å²) >= 11 is 1.50. The lowest BCUT2D eigenvalue weighted by Crippen LogP contribution is -2.46. The van der Waals surface area contributed by atoms with Crippen molar-refractivity contribution in [2.75, 3.05) is 0 Å². The van der Waals surface area contributed by atoms with Crippen LogP contribution in [-0.2, 0) is 22.6 Å². The molecule has 0 spiro atoms. The van der Waals surface area contributed by atoms with Crippen LogP contribution in [0.4, 0.5) is 4.39 Å². The van der Waals surface area contributed by atoms with Gasteiger partial charge in [0.2, 0.25) is 11.8 Å². The zero-order valence-corrected chi connectivity index (χ0v) is 19.6. The fourth-order valence-corrected chi connectivity index (χ4v) is 5.07. The Morgan fingerprint density at radius 3 is 2.45 bits per heavy atom. The fourth-order valence-electron chi connectivity index (χ4n) is 4.38. The van der Waals surface area contributed by atoms with Gasteiger partial charge in [0.15, 0.2) is 0 Å². The first-order chi connectivity index (χ1) is 16.0. The van der Waals surface area contributed by atoms with Gasteiger partial charge < -0.3 is 10.2 Å². The summed E-state index contributed by atoms with van der Waals surface area (Å²) in [6, 6.07) is 17.0. The van der Waals surface area contributed by atoms with Crippen molar-refractivity contribution in [2.45, 2.75) is 57.7 Å². The first-order valence-electron chi connectivity index (χ1n) is 11.4. The van der Waals surface area contributed by atoms with Gasteiger partial charge in [-0.05, 0) is 42.8 Å². The molecule has 1 aliphatic rings. The summed E-state index contributed by atoms with van der Waals surface area (Å²) < 4.78 is 15.0. The molecule has 1 aromatic heterocycles. The Morgan fingerprint density at radius 1 is 1.06 bits per heavy atom. The summed E-state index contributed by atoms with van der Waals surface area (Å²) in [6.07, 6.45) is 4.14. The molecule has 2 amide bonds. The number of amides is 2. The van der Waals surface area contributed by atoms with E-state index in [1.54, 1.807) is 18.2 Å². The highest BCUT2D eigenvalue weighted by molar-refractivity contribution is 7.10. The Kier molecular flexibility index (Phi) is 7.55. The summed E-state index contributed by atoms with van der Waals surface area (Å²) in [7, 11) is 0. The molecule has 1 heterocycles. The fraction of sp³-hybridized carbons (Fsp3) is 0.333. The molecule has 1 saturated carbocycles. The van der Waals surface area contributed by atoms with Gasteiger partial charge in [-0.1, -0.05) is 66.9 Å². The van der Waals surface area contributed by atoms with E-state index >= 15 is 0 Å². The summed E-state index contributed by atoms with van der Waals surface area (Å²) in [5.41, 5.74) is 2.23. The molecule has 1 atom stereocenters. The molecule has 33 heavy (non-hydrogen) atoms. The van der Waals surface area contributed by atoms with Crippen LogP contribution in [0.5, 0.6) is 0 Å². The number of nitrogens with one attached hydrogen (secondary N) is 1. The van der Waals surface area contributed by atoms with E-state index in [1.165, 1.54) is 22.3 Å². The predicted molar refractivity (Wildman–Crippen MR) is 129 cm³/mol. The van der Waals surface area contributed by atoms with Crippen molar-refractivity contribution in [3.8, 4) is 0 Å². The quantitative estimate of drug-likeness (QED) is 0.474. The molecule has 0 bridgehead atoms. The molecular formula is C27H29FN2O2S. The Balaban J connectivity index is 1.71. The number of halogens is 1. The number of nitrogens with zero attached hydrogens (tertiary/aromatic N) is 1. The maximum absolute atomic E-state index is 15.0. The smallest absolute Gasteiger partial charge is 0.247 e. The van der Waals surface area contributed by atoms with Crippen molar-refractivity contribution in [3.05, 3.63) is 93.4 Å². The van der Waals surface area contributed by atoms with Crippen LogP contribution in [0.3, 0.4) is 0 Å². The third-order valence-electron chi connectivity index (χ3n) is 6.16. The van der Waals surface area contributed by atoms with E-state index in [0.29, 0.717) is 0 Å². The number of aryl methyl sites for hydroxylation is 1. The monoisotopic (exact) mass is 464 g/mol. The molecule has 0 radical (unpaired) electrons. The maximum atomic E-state index is 15.0. The third kappa shape index (κ3) is 5.88. The van der Waals surface area contributed by atoms with E-state index in [-0.39, 0.29) is 36.4 Å². The molecule has 0 unspecified atom stereocenters. The number of carbonyl (C=O) groups is 2. The van der Waals surface area contributed by atoms with Crippen LogP contribution in [0, 0.1) is 12.7 Å². The first-order valence-corrected chi connectivity index (χ1v) is 12.3. The zero-order chi connectivity index (χ0) is 23.2. The van der Waals surface area contributed by atoms with E-state index in [1.807, 2.05) is 48.7 Å². The van der Waals surface area contributed by atoms with E-state index < -0.39 is 11.9 Å². The molecular weight excluding hydrogens is 435 g/mol. The lowest BCUT2D eigenvalue weighted by molar-refractivity contribution is -0.141. The van der Waals surface area contributed by atoms with Crippen LogP contribution < -0.4 is 5.32 Å². The van der Waals surface area contributed by atoms with E-state index in [4.69, 9.17) is 0 Å². The van der Waals surface area contributed by atoms with Gasteiger partial charge >= 0.3 is 0 Å². The molecule has 4 nitrogen and oxygen atoms in total. The highest BCUT2D eigenvalue weighted by atomic mass is 32.1.